The molecule has 1 spiro atoms. The van der Waals surface area contributed by atoms with Crippen LogP contribution in [0.5, 0.6) is 5.75 Å². The number of nitrogens with zero attached hydrogens (tertiary/aromatic N) is 1. The number of carbonyl (C=O) groups is 3. The highest BCUT2D eigenvalue weighted by Gasteiger charge is 2.61. The minimum Gasteiger partial charge on any atom is -0.493 e. The van der Waals surface area contributed by atoms with E-state index in [0.29, 0.717) is 61.5 Å². The van der Waals surface area contributed by atoms with Gasteiger partial charge in [-0.2, -0.15) is 5.26 Å². The summed E-state index contributed by atoms with van der Waals surface area (Å²) in [6.07, 6.45) is 2.21. The molecule has 3 N–H and O–H groups in total. The minimum absolute atomic E-state index is 0.0239. The lowest BCUT2D eigenvalue weighted by Crippen LogP contribution is -2.36. The average Bonchev–Trinajstić information content (AvgIpc) is 3.59. The second kappa shape index (κ2) is 11.0. The van der Waals surface area contributed by atoms with Gasteiger partial charge in [0.15, 0.2) is 0 Å². The molecule has 1 aliphatic heterocycles. The standard InChI is InChI=1S/C28H31N3O6/c1-17(16-36-2)30-26(34)20-8-9-24-21(13-20)28(10-11-37-24)14-22(28)27(35)31-23-12-18(15-29)6-7-19(23)4-3-5-25(32)33/h6-9,12-13,17,22H,3-5,10-11,14,16H2,1-2H3,(H,30,34)(H,31,35)(H,32,33)/t17-,22+,28+/m1/s1. The van der Waals surface area contributed by atoms with Crippen molar-refractivity contribution in [3.8, 4) is 11.8 Å². The van der Waals surface area contributed by atoms with Crippen LogP contribution in [-0.2, 0) is 26.2 Å². The Morgan fingerprint density at radius 1 is 1.27 bits per heavy atom. The highest BCUT2D eigenvalue weighted by atomic mass is 16.5. The number of ether oxygens (including phenoxy) is 2. The number of carboxylic acid groups (broad SMARTS) is 1. The molecule has 1 heterocycles. The van der Waals surface area contributed by atoms with E-state index in [0.717, 1.165) is 11.1 Å². The average molecular weight is 506 g/mol. The van der Waals surface area contributed by atoms with Crippen LogP contribution in [0, 0.1) is 17.2 Å². The van der Waals surface area contributed by atoms with Gasteiger partial charge in [0.2, 0.25) is 5.91 Å². The molecule has 2 aromatic rings. The monoisotopic (exact) mass is 505 g/mol. The predicted octanol–water partition coefficient (Wildman–Crippen LogP) is 3.41. The number of aryl methyl sites for hydroxylation is 1. The summed E-state index contributed by atoms with van der Waals surface area (Å²) in [4.78, 5) is 37.1. The Bertz CT molecular complexity index is 1250. The lowest BCUT2D eigenvalue weighted by Gasteiger charge is -2.27. The van der Waals surface area contributed by atoms with Crippen molar-refractivity contribution in [1.82, 2.24) is 5.32 Å². The first kappa shape index (κ1) is 26.2. The van der Waals surface area contributed by atoms with Crippen molar-refractivity contribution in [1.29, 1.82) is 5.26 Å². The Morgan fingerprint density at radius 2 is 2.08 bits per heavy atom. The highest BCUT2D eigenvalue weighted by Crippen LogP contribution is 2.61. The van der Waals surface area contributed by atoms with Crippen LogP contribution in [0.3, 0.4) is 0 Å². The number of anilines is 1. The third-order valence-electron chi connectivity index (χ3n) is 7.10. The molecule has 0 radical (unpaired) electrons. The molecule has 0 unspecified atom stereocenters. The lowest BCUT2D eigenvalue weighted by molar-refractivity contribution is -0.137. The van der Waals surface area contributed by atoms with Crippen LogP contribution in [0.1, 0.15) is 59.7 Å². The number of hydrogen-bond donors (Lipinski definition) is 3. The van der Waals surface area contributed by atoms with Gasteiger partial charge in [-0.15, -0.1) is 0 Å². The molecule has 1 fully saturated rings. The second-order valence-electron chi connectivity index (χ2n) is 9.77. The van der Waals surface area contributed by atoms with E-state index in [1.807, 2.05) is 13.0 Å². The molecule has 0 aromatic heterocycles. The van der Waals surface area contributed by atoms with Gasteiger partial charge >= 0.3 is 5.97 Å². The Balaban J connectivity index is 1.53. The smallest absolute Gasteiger partial charge is 0.303 e. The van der Waals surface area contributed by atoms with E-state index >= 15 is 0 Å². The number of carbonyl (C=O) groups excluding carboxylic acids is 2. The lowest BCUT2D eigenvalue weighted by atomic mass is 9.86. The molecule has 9 heteroatoms. The largest absolute Gasteiger partial charge is 0.493 e. The molecule has 2 aromatic carbocycles. The number of benzene rings is 2. The maximum atomic E-state index is 13.4. The number of rotatable bonds is 10. The van der Waals surface area contributed by atoms with Crippen molar-refractivity contribution >= 4 is 23.5 Å². The van der Waals surface area contributed by atoms with Gasteiger partial charge in [-0.3, -0.25) is 14.4 Å². The fraction of sp³-hybridized carbons (Fsp3) is 0.429. The van der Waals surface area contributed by atoms with Crippen molar-refractivity contribution in [3.05, 3.63) is 58.7 Å². The molecular formula is C28H31N3O6. The Morgan fingerprint density at radius 3 is 2.81 bits per heavy atom. The first-order valence-corrected chi connectivity index (χ1v) is 12.4. The van der Waals surface area contributed by atoms with E-state index in [1.165, 1.54) is 0 Å². The minimum atomic E-state index is -0.876. The number of amides is 2. The summed E-state index contributed by atoms with van der Waals surface area (Å²) in [5, 5.41) is 24.2. The zero-order chi connectivity index (χ0) is 26.6. The second-order valence-corrected chi connectivity index (χ2v) is 9.77. The summed E-state index contributed by atoms with van der Waals surface area (Å²) in [6.45, 7) is 2.75. The van der Waals surface area contributed by atoms with Crippen LogP contribution in [-0.4, -0.2) is 49.3 Å². The molecule has 2 amide bonds. The molecule has 3 atom stereocenters. The molecule has 1 aliphatic carbocycles. The summed E-state index contributed by atoms with van der Waals surface area (Å²) in [5.74, 6) is -0.874. The first-order chi connectivity index (χ1) is 17.8. The summed E-state index contributed by atoms with van der Waals surface area (Å²) in [6, 6.07) is 12.3. The number of nitriles is 1. The van der Waals surface area contributed by atoms with E-state index in [1.54, 1.807) is 37.4 Å². The van der Waals surface area contributed by atoms with Crippen LogP contribution >= 0.6 is 0 Å². The Labute approximate surface area is 215 Å². The van der Waals surface area contributed by atoms with Gasteiger partial charge in [0.1, 0.15) is 5.75 Å². The van der Waals surface area contributed by atoms with Crippen molar-refractivity contribution in [2.75, 3.05) is 25.6 Å². The topological polar surface area (TPSA) is 138 Å². The summed E-state index contributed by atoms with van der Waals surface area (Å²) in [5.41, 5.74) is 2.68. The van der Waals surface area contributed by atoms with Crippen LogP contribution in [0.25, 0.3) is 0 Å². The van der Waals surface area contributed by atoms with E-state index in [2.05, 4.69) is 16.7 Å². The van der Waals surface area contributed by atoms with Crippen LogP contribution in [0.4, 0.5) is 5.69 Å². The zero-order valence-electron chi connectivity index (χ0n) is 21.0. The van der Waals surface area contributed by atoms with E-state index in [9.17, 15) is 19.6 Å². The van der Waals surface area contributed by atoms with Crippen molar-refractivity contribution in [2.45, 2.75) is 50.5 Å². The first-order valence-electron chi connectivity index (χ1n) is 12.4. The third-order valence-corrected chi connectivity index (χ3v) is 7.10. The van der Waals surface area contributed by atoms with Gasteiger partial charge in [-0.25, -0.2) is 0 Å². The molecule has 37 heavy (non-hydrogen) atoms. The molecule has 1 saturated carbocycles. The van der Waals surface area contributed by atoms with Crippen LogP contribution < -0.4 is 15.4 Å². The maximum absolute atomic E-state index is 13.4. The van der Waals surface area contributed by atoms with E-state index in [4.69, 9.17) is 14.6 Å². The highest BCUT2D eigenvalue weighted by molar-refractivity contribution is 5.98. The van der Waals surface area contributed by atoms with Crippen LogP contribution in [0.2, 0.25) is 0 Å². The summed E-state index contributed by atoms with van der Waals surface area (Å²) in [7, 11) is 1.58. The number of carboxylic acids is 1. The molecular weight excluding hydrogens is 474 g/mol. The van der Waals surface area contributed by atoms with Crippen LogP contribution in [0.15, 0.2) is 36.4 Å². The van der Waals surface area contributed by atoms with Gasteiger partial charge in [0.25, 0.3) is 5.91 Å². The molecule has 4 rings (SSSR count). The SMILES string of the molecule is COC[C@@H](C)NC(=O)c1ccc2c(c1)[C@]1(CCO2)C[C@H]1C(=O)Nc1cc(C#N)ccc1CCCC(=O)O. The van der Waals surface area contributed by atoms with Crippen molar-refractivity contribution in [2.24, 2.45) is 5.92 Å². The van der Waals surface area contributed by atoms with Gasteiger partial charge in [0.05, 0.1) is 24.8 Å². The number of aliphatic carboxylic acids is 1. The Kier molecular flexibility index (Phi) is 7.79. The van der Waals surface area contributed by atoms with E-state index < -0.39 is 11.4 Å². The third kappa shape index (κ3) is 5.75. The number of fused-ring (bicyclic) bond motifs is 2. The normalized spacial score (nSPS) is 20.2. The Hall–Kier alpha value is -3.90. The fourth-order valence-electron chi connectivity index (χ4n) is 5.12. The molecule has 2 aliphatic rings. The number of methoxy groups -OCH3 is 1. The quantitative estimate of drug-likeness (QED) is 0.450. The number of hydrogen-bond acceptors (Lipinski definition) is 6. The maximum Gasteiger partial charge on any atom is 0.303 e. The number of nitrogens with one attached hydrogen (secondary N) is 2. The van der Waals surface area contributed by atoms with Gasteiger partial charge in [-0.1, -0.05) is 6.07 Å². The van der Waals surface area contributed by atoms with E-state index in [-0.39, 0.29) is 30.2 Å². The molecule has 194 valence electrons. The zero-order valence-corrected chi connectivity index (χ0v) is 21.0. The van der Waals surface area contributed by atoms with Gasteiger partial charge < -0.3 is 25.2 Å². The summed E-state index contributed by atoms with van der Waals surface area (Å²) >= 11 is 0. The van der Waals surface area contributed by atoms with Gasteiger partial charge in [-0.05, 0) is 68.5 Å². The predicted molar refractivity (Wildman–Crippen MR) is 136 cm³/mol. The molecule has 0 saturated heterocycles. The fourth-order valence-corrected chi connectivity index (χ4v) is 5.12. The van der Waals surface area contributed by atoms with Crippen molar-refractivity contribution < 1.29 is 29.0 Å². The molecule has 0 bridgehead atoms. The van der Waals surface area contributed by atoms with Gasteiger partial charge in [0, 0.05) is 47.7 Å². The van der Waals surface area contributed by atoms with Crippen molar-refractivity contribution in [3.63, 3.8) is 0 Å². The summed E-state index contributed by atoms with van der Waals surface area (Å²) < 4.78 is 10.9. The molecule has 9 nitrogen and oxygen atoms in total.